The van der Waals surface area contributed by atoms with Crippen LogP contribution in [0.1, 0.15) is 54.4 Å². The first kappa shape index (κ1) is 14.2. The lowest BCUT2D eigenvalue weighted by Crippen LogP contribution is -1.97. The Kier molecular flexibility index (Phi) is 4.71. The Labute approximate surface area is 120 Å². The van der Waals surface area contributed by atoms with Crippen LogP contribution in [0, 0.1) is 0 Å². The van der Waals surface area contributed by atoms with Gasteiger partial charge in [0.15, 0.2) is 0 Å². The highest BCUT2D eigenvalue weighted by Crippen LogP contribution is 2.31. The summed E-state index contributed by atoms with van der Waals surface area (Å²) in [5, 5.41) is -0.198. The fraction of sp³-hybridized carbons (Fsp3) is 0.412. The van der Waals surface area contributed by atoms with Gasteiger partial charge < -0.3 is 4.42 Å². The number of hydrogen-bond acceptors (Lipinski definition) is 1. The maximum absolute atomic E-state index is 6.53. The Bertz CT molecular complexity index is 542. The van der Waals surface area contributed by atoms with Crippen LogP contribution in [0.25, 0.3) is 0 Å². The third-order valence-electron chi connectivity index (χ3n) is 3.57. The molecule has 0 radical (unpaired) electrons. The number of rotatable bonds is 5. The Balaban J connectivity index is 2.30. The van der Waals surface area contributed by atoms with E-state index < -0.39 is 0 Å². The minimum Gasteiger partial charge on any atom is -0.464 e. The fourth-order valence-corrected chi connectivity index (χ4v) is 2.62. The lowest BCUT2D eigenvalue weighted by molar-refractivity contribution is 0.474. The molecule has 0 bridgehead atoms. The molecule has 1 heterocycles. The number of benzene rings is 1. The predicted molar refractivity (Wildman–Crippen MR) is 81.0 cm³/mol. The van der Waals surface area contributed by atoms with Crippen LogP contribution in [0.3, 0.4) is 0 Å². The SMILES string of the molecule is CCc1ccc(C(Cl)c2ccc(CC)c(CC)c2)o1. The van der Waals surface area contributed by atoms with E-state index in [-0.39, 0.29) is 5.38 Å². The molecule has 19 heavy (non-hydrogen) atoms. The molecule has 1 unspecified atom stereocenters. The Morgan fingerprint density at radius 2 is 1.68 bits per heavy atom. The van der Waals surface area contributed by atoms with Crippen LogP contribution in [-0.4, -0.2) is 0 Å². The molecule has 1 atom stereocenters. The molecule has 0 aliphatic carbocycles. The van der Waals surface area contributed by atoms with Gasteiger partial charge in [0.1, 0.15) is 16.9 Å². The standard InChI is InChI=1S/C17H21ClO/c1-4-12-7-8-14(11-13(12)5-2)17(18)16-10-9-15(6-3)19-16/h7-11,17H,4-6H2,1-3H3. The van der Waals surface area contributed by atoms with Gasteiger partial charge >= 0.3 is 0 Å². The van der Waals surface area contributed by atoms with Crippen molar-refractivity contribution >= 4 is 11.6 Å². The molecule has 0 spiro atoms. The van der Waals surface area contributed by atoms with Crippen molar-refractivity contribution in [2.75, 3.05) is 0 Å². The van der Waals surface area contributed by atoms with Crippen LogP contribution < -0.4 is 0 Å². The van der Waals surface area contributed by atoms with Gasteiger partial charge in [-0.15, -0.1) is 11.6 Å². The van der Waals surface area contributed by atoms with Crippen LogP contribution >= 0.6 is 11.6 Å². The van der Waals surface area contributed by atoms with Crippen molar-refractivity contribution in [1.82, 2.24) is 0 Å². The molecular formula is C17H21ClO. The van der Waals surface area contributed by atoms with Crippen LogP contribution in [0.4, 0.5) is 0 Å². The van der Waals surface area contributed by atoms with E-state index in [1.165, 1.54) is 11.1 Å². The molecule has 1 nitrogen and oxygen atoms in total. The first-order valence-electron chi connectivity index (χ1n) is 7.03. The average Bonchev–Trinajstić information content (AvgIpc) is 2.94. The van der Waals surface area contributed by atoms with Gasteiger partial charge in [-0.2, -0.15) is 0 Å². The Morgan fingerprint density at radius 3 is 2.26 bits per heavy atom. The molecule has 0 aliphatic heterocycles. The van der Waals surface area contributed by atoms with E-state index in [0.29, 0.717) is 0 Å². The topological polar surface area (TPSA) is 13.1 Å². The van der Waals surface area contributed by atoms with E-state index in [9.17, 15) is 0 Å². The quantitative estimate of drug-likeness (QED) is 0.676. The average molecular weight is 277 g/mol. The van der Waals surface area contributed by atoms with Gasteiger partial charge in [-0.1, -0.05) is 39.0 Å². The number of aryl methyl sites for hydroxylation is 3. The van der Waals surface area contributed by atoms with E-state index >= 15 is 0 Å². The highest BCUT2D eigenvalue weighted by Gasteiger charge is 2.16. The first-order chi connectivity index (χ1) is 9.19. The molecule has 2 aromatic rings. The molecule has 102 valence electrons. The van der Waals surface area contributed by atoms with E-state index in [1.54, 1.807) is 0 Å². The zero-order chi connectivity index (χ0) is 13.8. The minimum atomic E-state index is -0.198. The third-order valence-corrected chi connectivity index (χ3v) is 4.03. The largest absolute Gasteiger partial charge is 0.464 e. The lowest BCUT2D eigenvalue weighted by Gasteiger charge is -2.12. The smallest absolute Gasteiger partial charge is 0.126 e. The zero-order valence-corrected chi connectivity index (χ0v) is 12.6. The summed E-state index contributed by atoms with van der Waals surface area (Å²) in [6.45, 7) is 6.45. The minimum absolute atomic E-state index is 0.198. The van der Waals surface area contributed by atoms with Gasteiger partial charge in [-0.05, 0) is 41.7 Å². The van der Waals surface area contributed by atoms with Crippen molar-refractivity contribution in [3.8, 4) is 0 Å². The summed E-state index contributed by atoms with van der Waals surface area (Å²) in [7, 11) is 0. The molecule has 0 amide bonds. The van der Waals surface area contributed by atoms with E-state index in [0.717, 1.165) is 36.3 Å². The first-order valence-corrected chi connectivity index (χ1v) is 7.47. The summed E-state index contributed by atoms with van der Waals surface area (Å²) in [4.78, 5) is 0. The fourth-order valence-electron chi connectivity index (χ4n) is 2.36. The zero-order valence-electron chi connectivity index (χ0n) is 11.9. The normalized spacial score (nSPS) is 12.6. The molecule has 0 fully saturated rings. The Morgan fingerprint density at radius 1 is 0.947 bits per heavy atom. The third kappa shape index (κ3) is 3.03. The van der Waals surface area contributed by atoms with E-state index in [4.69, 9.17) is 16.0 Å². The molecule has 2 heteroatoms. The second-order valence-corrected chi connectivity index (χ2v) is 5.19. The van der Waals surface area contributed by atoms with Crippen LogP contribution in [0.5, 0.6) is 0 Å². The molecule has 2 rings (SSSR count). The second kappa shape index (κ2) is 6.29. The summed E-state index contributed by atoms with van der Waals surface area (Å²) in [5.41, 5.74) is 3.91. The van der Waals surface area contributed by atoms with Gasteiger partial charge in [0.05, 0.1) is 0 Å². The second-order valence-electron chi connectivity index (χ2n) is 4.76. The van der Waals surface area contributed by atoms with Crippen molar-refractivity contribution in [2.24, 2.45) is 0 Å². The highest BCUT2D eigenvalue weighted by atomic mass is 35.5. The monoisotopic (exact) mass is 276 g/mol. The number of halogens is 1. The van der Waals surface area contributed by atoms with Gasteiger partial charge in [0, 0.05) is 6.42 Å². The molecule has 0 aliphatic rings. The molecule has 0 N–H and O–H groups in total. The lowest BCUT2D eigenvalue weighted by atomic mass is 9.98. The number of alkyl halides is 1. The predicted octanol–water partition coefficient (Wildman–Crippen LogP) is 5.30. The molecule has 0 saturated heterocycles. The summed E-state index contributed by atoms with van der Waals surface area (Å²) < 4.78 is 5.75. The summed E-state index contributed by atoms with van der Waals surface area (Å²) >= 11 is 6.53. The van der Waals surface area contributed by atoms with Crippen LogP contribution in [0.2, 0.25) is 0 Å². The number of hydrogen-bond donors (Lipinski definition) is 0. The molecular weight excluding hydrogens is 256 g/mol. The molecule has 0 saturated carbocycles. The summed E-state index contributed by atoms with van der Waals surface area (Å²) in [6, 6.07) is 10.5. The van der Waals surface area contributed by atoms with Gasteiger partial charge in [0.25, 0.3) is 0 Å². The highest BCUT2D eigenvalue weighted by molar-refractivity contribution is 6.22. The Hall–Kier alpha value is -1.21. The number of furan rings is 1. The van der Waals surface area contributed by atoms with Crippen LogP contribution in [0.15, 0.2) is 34.7 Å². The van der Waals surface area contributed by atoms with Gasteiger partial charge in [-0.3, -0.25) is 0 Å². The van der Waals surface area contributed by atoms with Crippen molar-refractivity contribution in [3.63, 3.8) is 0 Å². The molecule has 1 aromatic carbocycles. The van der Waals surface area contributed by atoms with Crippen molar-refractivity contribution in [1.29, 1.82) is 0 Å². The van der Waals surface area contributed by atoms with Crippen LogP contribution in [-0.2, 0) is 19.3 Å². The van der Waals surface area contributed by atoms with E-state index in [1.807, 2.05) is 12.1 Å². The maximum atomic E-state index is 6.53. The van der Waals surface area contributed by atoms with E-state index in [2.05, 4.69) is 39.0 Å². The molecule has 1 aromatic heterocycles. The summed E-state index contributed by atoms with van der Waals surface area (Å²) in [6.07, 6.45) is 3.01. The van der Waals surface area contributed by atoms with Gasteiger partial charge in [0.2, 0.25) is 0 Å². The summed E-state index contributed by atoms with van der Waals surface area (Å²) in [5.74, 6) is 1.83. The van der Waals surface area contributed by atoms with Crippen molar-refractivity contribution < 1.29 is 4.42 Å². The van der Waals surface area contributed by atoms with Crippen molar-refractivity contribution in [3.05, 3.63) is 58.5 Å². The maximum Gasteiger partial charge on any atom is 0.126 e. The van der Waals surface area contributed by atoms with Crippen molar-refractivity contribution in [2.45, 2.75) is 45.4 Å². The van der Waals surface area contributed by atoms with Gasteiger partial charge in [-0.25, -0.2) is 0 Å².